The molecule has 1 aromatic heterocycles. The number of rotatable bonds is 5. The van der Waals surface area contributed by atoms with E-state index in [2.05, 4.69) is 34.3 Å². The molecule has 2 unspecified atom stereocenters. The van der Waals surface area contributed by atoms with E-state index in [1.807, 2.05) is 11.3 Å². The van der Waals surface area contributed by atoms with Crippen LogP contribution in [0.4, 0.5) is 5.13 Å². The first-order chi connectivity index (χ1) is 9.78. The van der Waals surface area contributed by atoms with Gasteiger partial charge in [-0.1, -0.05) is 6.92 Å². The maximum absolute atomic E-state index is 4.83. The van der Waals surface area contributed by atoms with Crippen molar-refractivity contribution in [3.8, 4) is 0 Å². The number of hydrogen-bond donors (Lipinski definition) is 1. The van der Waals surface area contributed by atoms with Gasteiger partial charge in [0, 0.05) is 37.1 Å². The van der Waals surface area contributed by atoms with E-state index in [-0.39, 0.29) is 0 Å². The average molecular weight is 294 g/mol. The molecule has 0 spiro atoms. The van der Waals surface area contributed by atoms with Crippen LogP contribution in [0.15, 0.2) is 5.38 Å². The largest absolute Gasteiger partial charge is 0.343 e. The summed E-state index contributed by atoms with van der Waals surface area (Å²) in [5.41, 5.74) is 1.19. The van der Waals surface area contributed by atoms with E-state index in [0.717, 1.165) is 25.7 Å². The summed E-state index contributed by atoms with van der Waals surface area (Å²) in [5.74, 6) is 0. The quantitative estimate of drug-likeness (QED) is 0.845. The molecule has 1 N–H and O–H groups in total. The molecule has 2 aliphatic rings. The fourth-order valence-corrected chi connectivity index (χ4v) is 4.29. The third kappa shape index (κ3) is 3.00. The Morgan fingerprint density at radius 2 is 2.35 bits per heavy atom. The van der Waals surface area contributed by atoms with Crippen molar-refractivity contribution in [2.45, 2.75) is 51.7 Å². The summed E-state index contributed by atoms with van der Waals surface area (Å²) < 4.78 is 0. The second-order valence-electron chi connectivity index (χ2n) is 6.09. The van der Waals surface area contributed by atoms with Crippen LogP contribution >= 0.6 is 11.3 Å². The Morgan fingerprint density at radius 1 is 1.45 bits per heavy atom. The summed E-state index contributed by atoms with van der Waals surface area (Å²) >= 11 is 1.81. The minimum Gasteiger partial charge on any atom is -0.343 e. The maximum atomic E-state index is 4.83. The van der Waals surface area contributed by atoms with E-state index in [4.69, 9.17) is 4.98 Å². The number of hydrogen-bond acceptors (Lipinski definition) is 5. The van der Waals surface area contributed by atoms with Crippen LogP contribution in [0.3, 0.4) is 0 Å². The second-order valence-corrected chi connectivity index (χ2v) is 6.93. The van der Waals surface area contributed by atoms with Crippen LogP contribution in [0.1, 0.15) is 38.8 Å². The molecule has 3 rings (SSSR count). The Morgan fingerprint density at radius 3 is 3.20 bits per heavy atom. The van der Waals surface area contributed by atoms with Crippen molar-refractivity contribution >= 4 is 16.5 Å². The smallest absolute Gasteiger partial charge is 0.185 e. The molecule has 5 heteroatoms. The van der Waals surface area contributed by atoms with Crippen LogP contribution in [0, 0.1) is 0 Å². The summed E-state index contributed by atoms with van der Waals surface area (Å²) in [4.78, 5) is 10.0. The molecule has 1 aromatic rings. The van der Waals surface area contributed by atoms with Gasteiger partial charge in [0.2, 0.25) is 0 Å². The third-order valence-corrected chi connectivity index (χ3v) is 5.38. The van der Waals surface area contributed by atoms with Gasteiger partial charge >= 0.3 is 0 Å². The van der Waals surface area contributed by atoms with E-state index in [0.29, 0.717) is 6.04 Å². The number of aromatic nitrogens is 1. The highest BCUT2D eigenvalue weighted by Crippen LogP contribution is 2.30. The van der Waals surface area contributed by atoms with Gasteiger partial charge < -0.3 is 10.2 Å². The summed E-state index contributed by atoms with van der Waals surface area (Å²) in [6.07, 6.45) is 3.91. The van der Waals surface area contributed by atoms with Crippen molar-refractivity contribution in [3.63, 3.8) is 0 Å². The van der Waals surface area contributed by atoms with E-state index < -0.39 is 0 Å². The minimum atomic E-state index is 0.590. The Labute approximate surface area is 126 Å². The third-order valence-electron chi connectivity index (χ3n) is 4.46. The van der Waals surface area contributed by atoms with E-state index in [1.165, 1.54) is 43.2 Å². The molecule has 0 amide bonds. The van der Waals surface area contributed by atoms with Crippen molar-refractivity contribution in [1.82, 2.24) is 15.2 Å². The number of thiazole rings is 1. The predicted octanol–water partition coefficient (Wildman–Crippen LogP) is 2.32. The molecule has 2 aliphatic heterocycles. The standard InChI is InChI=1S/C15H26N4S/c1-3-6-16-8-13-11-20-15(17-13)19-10-14-5-4-7-18(14)9-12(19)2/h11-12,14,16H,3-10H2,1-2H3. The molecule has 3 heterocycles. The zero-order chi connectivity index (χ0) is 13.9. The Hall–Kier alpha value is -0.650. The number of piperazine rings is 1. The van der Waals surface area contributed by atoms with Gasteiger partial charge in [0.1, 0.15) is 0 Å². The molecule has 2 fully saturated rings. The molecule has 0 saturated carbocycles. The summed E-state index contributed by atoms with van der Waals surface area (Å²) in [6.45, 7) is 10.2. The van der Waals surface area contributed by atoms with Crippen molar-refractivity contribution in [2.75, 3.05) is 31.1 Å². The van der Waals surface area contributed by atoms with E-state index in [9.17, 15) is 0 Å². The Kier molecular flexibility index (Phi) is 4.58. The Bertz CT molecular complexity index is 433. The minimum absolute atomic E-state index is 0.590. The van der Waals surface area contributed by atoms with Gasteiger partial charge in [-0.15, -0.1) is 11.3 Å². The van der Waals surface area contributed by atoms with Crippen LogP contribution in [0.2, 0.25) is 0 Å². The highest BCUT2D eigenvalue weighted by molar-refractivity contribution is 7.13. The molecule has 4 nitrogen and oxygen atoms in total. The first-order valence-electron chi connectivity index (χ1n) is 7.93. The number of fused-ring (bicyclic) bond motifs is 1. The van der Waals surface area contributed by atoms with Crippen LogP contribution in [0.25, 0.3) is 0 Å². The van der Waals surface area contributed by atoms with E-state index >= 15 is 0 Å². The fourth-order valence-electron chi connectivity index (χ4n) is 3.36. The summed E-state index contributed by atoms with van der Waals surface area (Å²) in [6, 6.07) is 1.35. The number of nitrogens with one attached hydrogen (secondary N) is 1. The lowest BCUT2D eigenvalue weighted by Gasteiger charge is -2.42. The van der Waals surface area contributed by atoms with Crippen LogP contribution < -0.4 is 10.2 Å². The van der Waals surface area contributed by atoms with Gasteiger partial charge in [-0.05, 0) is 39.3 Å². The van der Waals surface area contributed by atoms with Gasteiger partial charge in [-0.2, -0.15) is 0 Å². The first-order valence-corrected chi connectivity index (χ1v) is 8.81. The summed E-state index contributed by atoms with van der Waals surface area (Å²) in [7, 11) is 0. The average Bonchev–Trinajstić information content (AvgIpc) is 3.06. The topological polar surface area (TPSA) is 31.4 Å². The molecule has 2 saturated heterocycles. The zero-order valence-electron chi connectivity index (χ0n) is 12.6. The van der Waals surface area contributed by atoms with Gasteiger partial charge in [0.05, 0.1) is 5.69 Å². The lowest BCUT2D eigenvalue weighted by Crippen LogP contribution is -2.55. The molecular formula is C15H26N4S. The number of nitrogens with zero attached hydrogens (tertiary/aromatic N) is 3. The van der Waals surface area contributed by atoms with Crippen molar-refractivity contribution in [3.05, 3.63) is 11.1 Å². The van der Waals surface area contributed by atoms with Gasteiger partial charge in [0.15, 0.2) is 5.13 Å². The molecule has 0 bridgehead atoms. The highest BCUT2D eigenvalue weighted by atomic mass is 32.1. The zero-order valence-corrected chi connectivity index (χ0v) is 13.5. The lowest BCUT2D eigenvalue weighted by molar-refractivity contribution is 0.203. The maximum Gasteiger partial charge on any atom is 0.185 e. The molecule has 20 heavy (non-hydrogen) atoms. The lowest BCUT2D eigenvalue weighted by atomic mass is 10.1. The van der Waals surface area contributed by atoms with Crippen LogP contribution in [-0.4, -0.2) is 48.1 Å². The predicted molar refractivity (Wildman–Crippen MR) is 85.5 cm³/mol. The highest BCUT2D eigenvalue weighted by Gasteiger charge is 2.35. The Balaban J connectivity index is 1.63. The molecule has 0 aliphatic carbocycles. The molecule has 0 radical (unpaired) electrons. The van der Waals surface area contributed by atoms with Crippen LogP contribution in [-0.2, 0) is 6.54 Å². The van der Waals surface area contributed by atoms with E-state index in [1.54, 1.807) is 0 Å². The molecule has 0 aromatic carbocycles. The molecular weight excluding hydrogens is 268 g/mol. The van der Waals surface area contributed by atoms with Gasteiger partial charge in [-0.25, -0.2) is 4.98 Å². The van der Waals surface area contributed by atoms with Gasteiger partial charge in [-0.3, -0.25) is 4.90 Å². The summed E-state index contributed by atoms with van der Waals surface area (Å²) in [5, 5.41) is 6.87. The molecule has 2 atom stereocenters. The van der Waals surface area contributed by atoms with Crippen molar-refractivity contribution in [2.24, 2.45) is 0 Å². The van der Waals surface area contributed by atoms with Crippen molar-refractivity contribution in [1.29, 1.82) is 0 Å². The van der Waals surface area contributed by atoms with Crippen molar-refractivity contribution < 1.29 is 0 Å². The van der Waals surface area contributed by atoms with Crippen LogP contribution in [0.5, 0.6) is 0 Å². The molecule has 112 valence electrons. The second kappa shape index (κ2) is 6.41. The first kappa shape index (κ1) is 14.3. The SMILES string of the molecule is CCCNCc1csc(N2CC3CCCN3CC2C)n1. The number of anilines is 1. The normalized spacial score (nSPS) is 27.0. The fraction of sp³-hybridized carbons (Fsp3) is 0.800. The van der Waals surface area contributed by atoms with Gasteiger partial charge in [0.25, 0.3) is 0 Å². The monoisotopic (exact) mass is 294 g/mol.